The fourth-order valence-electron chi connectivity index (χ4n) is 2.84. The van der Waals surface area contributed by atoms with Crippen LogP contribution in [0.5, 0.6) is 0 Å². The van der Waals surface area contributed by atoms with E-state index in [0.29, 0.717) is 20.6 Å². The molecular weight excluding hydrogens is 455 g/mol. The number of nitrogens with two attached hydrogens (primary N) is 1. The Balaban J connectivity index is 1.60. The Morgan fingerprint density at radius 1 is 1.10 bits per heavy atom. The highest BCUT2D eigenvalue weighted by molar-refractivity contribution is 7.14. The number of nitrogens with one attached hydrogen (secondary N) is 2. The number of rotatable bonds is 7. The van der Waals surface area contributed by atoms with Gasteiger partial charge in [0.2, 0.25) is 5.91 Å². The Labute approximate surface area is 194 Å². The number of amides is 2. The fourth-order valence-corrected chi connectivity index (χ4v) is 4.04. The number of nitrogens with zero attached hydrogens (tertiary/aromatic N) is 1. The van der Waals surface area contributed by atoms with Gasteiger partial charge in [0, 0.05) is 29.5 Å². The zero-order valence-electron chi connectivity index (χ0n) is 17.0. The summed E-state index contributed by atoms with van der Waals surface area (Å²) in [6.45, 7) is 3.84. The predicted octanol–water partition coefficient (Wildman–Crippen LogP) is 4.80. The van der Waals surface area contributed by atoms with Gasteiger partial charge in [0.05, 0.1) is 26.4 Å². The maximum Gasteiger partial charge on any atom is 0.265 e. The summed E-state index contributed by atoms with van der Waals surface area (Å²) in [6.07, 6.45) is 3.21. The average Bonchev–Trinajstić information content (AvgIpc) is 3.25. The number of aromatic nitrogens is 1. The summed E-state index contributed by atoms with van der Waals surface area (Å²) < 4.78 is 0. The molecule has 3 aromatic rings. The van der Waals surface area contributed by atoms with Gasteiger partial charge in [0.15, 0.2) is 0 Å². The van der Waals surface area contributed by atoms with E-state index in [9.17, 15) is 9.59 Å². The molecule has 1 unspecified atom stereocenters. The predicted molar refractivity (Wildman–Crippen MR) is 126 cm³/mol. The Morgan fingerprint density at radius 2 is 1.81 bits per heavy atom. The summed E-state index contributed by atoms with van der Waals surface area (Å²) in [5, 5.41) is 6.53. The molecule has 6 nitrogen and oxygen atoms in total. The number of halogens is 2. The van der Waals surface area contributed by atoms with E-state index in [0.717, 1.165) is 10.4 Å². The normalized spacial score (nSPS) is 12.3. The lowest BCUT2D eigenvalue weighted by Crippen LogP contribution is -2.42. The Hall–Kier alpha value is -2.45. The van der Waals surface area contributed by atoms with Crippen LogP contribution < -0.4 is 16.4 Å². The topological polar surface area (TPSA) is 97.1 Å². The van der Waals surface area contributed by atoms with Crippen molar-refractivity contribution in [2.45, 2.75) is 25.3 Å². The molecule has 0 bridgehead atoms. The molecule has 3 rings (SSSR count). The van der Waals surface area contributed by atoms with E-state index in [-0.39, 0.29) is 18.4 Å². The quantitative estimate of drug-likeness (QED) is 0.456. The van der Waals surface area contributed by atoms with Crippen LogP contribution in [0, 0.1) is 0 Å². The van der Waals surface area contributed by atoms with Crippen molar-refractivity contribution < 1.29 is 9.59 Å². The Bertz CT molecular complexity index is 1090. The number of carbonyl (C=O) groups is 2. The van der Waals surface area contributed by atoms with E-state index >= 15 is 0 Å². The van der Waals surface area contributed by atoms with E-state index in [2.05, 4.69) is 15.6 Å². The molecule has 0 spiro atoms. The van der Waals surface area contributed by atoms with Crippen molar-refractivity contribution in [3.8, 4) is 0 Å². The smallest absolute Gasteiger partial charge is 0.265 e. The van der Waals surface area contributed by atoms with Crippen LogP contribution in [0.25, 0.3) is 0 Å². The number of carbonyl (C=O) groups excluding carboxylic acids is 2. The first-order chi connectivity index (χ1) is 14.7. The first kappa shape index (κ1) is 23.2. The highest BCUT2D eigenvalue weighted by atomic mass is 35.5. The molecule has 0 aliphatic rings. The molecule has 0 aliphatic heterocycles. The van der Waals surface area contributed by atoms with Crippen molar-refractivity contribution in [2.75, 3.05) is 11.9 Å². The SMILES string of the molecule is CC(C)(C(=O)NCC(N)c1ccc(C(=O)Nc2ccncc2)s1)c1ccc(Cl)c(Cl)c1. The molecule has 0 saturated carbocycles. The lowest BCUT2D eigenvalue weighted by molar-refractivity contribution is -0.125. The van der Waals surface area contributed by atoms with E-state index < -0.39 is 11.5 Å². The third-order valence-electron chi connectivity index (χ3n) is 4.85. The zero-order valence-corrected chi connectivity index (χ0v) is 19.3. The van der Waals surface area contributed by atoms with Crippen molar-refractivity contribution in [3.05, 3.63) is 80.2 Å². The van der Waals surface area contributed by atoms with Crippen molar-refractivity contribution in [1.82, 2.24) is 10.3 Å². The molecule has 1 aromatic carbocycles. The third kappa shape index (κ3) is 5.62. The highest BCUT2D eigenvalue weighted by Gasteiger charge is 2.30. The van der Waals surface area contributed by atoms with Crippen LogP contribution in [0.1, 0.15) is 40.0 Å². The van der Waals surface area contributed by atoms with Gasteiger partial charge >= 0.3 is 0 Å². The molecule has 9 heteroatoms. The van der Waals surface area contributed by atoms with Crippen LogP contribution in [0.4, 0.5) is 5.69 Å². The summed E-state index contributed by atoms with van der Waals surface area (Å²) in [7, 11) is 0. The zero-order chi connectivity index (χ0) is 22.6. The van der Waals surface area contributed by atoms with Gasteiger partial charge in [0.1, 0.15) is 0 Å². The van der Waals surface area contributed by atoms with Crippen LogP contribution in [-0.2, 0) is 10.2 Å². The van der Waals surface area contributed by atoms with Crippen LogP contribution in [0.3, 0.4) is 0 Å². The standard InChI is InChI=1S/C22H22Cl2N4O2S/c1-22(2,13-3-4-15(23)16(24)11-13)21(30)27-12-17(25)18-5-6-19(31-18)20(29)28-14-7-9-26-10-8-14/h3-11,17H,12,25H2,1-2H3,(H,27,30)(H,26,28,29). The number of anilines is 1. The summed E-state index contributed by atoms with van der Waals surface area (Å²) in [5.41, 5.74) is 6.84. The molecule has 1 atom stereocenters. The first-order valence-corrected chi connectivity index (χ1v) is 11.1. The van der Waals surface area contributed by atoms with Crippen LogP contribution in [-0.4, -0.2) is 23.3 Å². The van der Waals surface area contributed by atoms with Crippen molar-refractivity contribution in [3.63, 3.8) is 0 Å². The van der Waals surface area contributed by atoms with E-state index in [4.69, 9.17) is 28.9 Å². The summed E-state index contributed by atoms with van der Waals surface area (Å²) in [6, 6.07) is 11.6. The number of pyridine rings is 1. The minimum absolute atomic E-state index is 0.187. The van der Waals surface area contributed by atoms with Gasteiger partial charge in [-0.1, -0.05) is 29.3 Å². The summed E-state index contributed by atoms with van der Waals surface area (Å²) >= 11 is 13.4. The van der Waals surface area contributed by atoms with Crippen LogP contribution >= 0.6 is 34.5 Å². The first-order valence-electron chi connectivity index (χ1n) is 9.49. The lowest BCUT2D eigenvalue weighted by atomic mass is 9.83. The molecule has 2 amide bonds. The monoisotopic (exact) mass is 476 g/mol. The highest BCUT2D eigenvalue weighted by Crippen LogP contribution is 2.30. The minimum Gasteiger partial charge on any atom is -0.353 e. The molecule has 0 saturated heterocycles. The summed E-state index contributed by atoms with van der Waals surface area (Å²) in [5.74, 6) is -0.409. The second kappa shape index (κ2) is 9.78. The van der Waals surface area contributed by atoms with Gasteiger partial charge in [-0.3, -0.25) is 14.6 Å². The summed E-state index contributed by atoms with van der Waals surface area (Å²) in [4.78, 5) is 30.5. The molecule has 0 aliphatic carbocycles. The number of benzene rings is 1. The number of thiophene rings is 1. The van der Waals surface area contributed by atoms with Crippen molar-refractivity contribution in [2.24, 2.45) is 5.73 Å². The maximum atomic E-state index is 12.8. The second-order valence-electron chi connectivity index (χ2n) is 7.46. The molecule has 31 heavy (non-hydrogen) atoms. The van der Waals surface area contributed by atoms with E-state index in [1.54, 1.807) is 68.7 Å². The molecule has 2 aromatic heterocycles. The van der Waals surface area contributed by atoms with Crippen molar-refractivity contribution in [1.29, 1.82) is 0 Å². The fraction of sp³-hybridized carbons (Fsp3) is 0.227. The number of hydrogen-bond acceptors (Lipinski definition) is 5. The van der Waals surface area contributed by atoms with Gasteiger partial charge in [-0.25, -0.2) is 0 Å². The molecular formula is C22H22Cl2N4O2S. The Morgan fingerprint density at radius 3 is 2.48 bits per heavy atom. The molecule has 0 fully saturated rings. The van der Waals surface area contributed by atoms with E-state index in [1.165, 1.54) is 11.3 Å². The molecule has 2 heterocycles. The van der Waals surface area contributed by atoms with Gasteiger partial charge in [-0.05, 0) is 55.8 Å². The molecule has 0 radical (unpaired) electrons. The van der Waals surface area contributed by atoms with Crippen LogP contribution in [0.15, 0.2) is 54.9 Å². The molecule has 162 valence electrons. The lowest BCUT2D eigenvalue weighted by Gasteiger charge is -2.25. The second-order valence-corrected chi connectivity index (χ2v) is 9.39. The third-order valence-corrected chi connectivity index (χ3v) is 6.80. The maximum absolute atomic E-state index is 12.8. The average molecular weight is 477 g/mol. The van der Waals surface area contributed by atoms with E-state index in [1.807, 2.05) is 0 Å². The van der Waals surface area contributed by atoms with Crippen molar-refractivity contribution >= 4 is 52.0 Å². The number of hydrogen-bond donors (Lipinski definition) is 3. The van der Waals surface area contributed by atoms with Gasteiger partial charge < -0.3 is 16.4 Å². The van der Waals surface area contributed by atoms with Gasteiger partial charge in [0.25, 0.3) is 5.91 Å². The van der Waals surface area contributed by atoms with Gasteiger partial charge in [-0.2, -0.15) is 0 Å². The Kier molecular flexibility index (Phi) is 7.33. The largest absolute Gasteiger partial charge is 0.353 e. The van der Waals surface area contributed by atoms with Gasteiger partial charge in [-0.15, -0.1) is 11.3 Å². The molecule has 4 N–H and O–H groups in total. The minimum atomic E-state index is -0.820. The van der Waals surface area contributed by atoms with Crippen LogP contribution in [0.2, 0.25) is 10.0 Å².